The summed E-state index contributed by atoms with van der Waals surface area (Å²) >= 11 is 0. The van der Waals surface area contributed by atoms with Crippen LogP contribution >= 0.6 is 0 Å². The molecule has 0 spiro atoms. The zero-order valence-corrected chi connectivity index (χ0v) is 19.7. The molecule has 2 aromatic carbocycles. The van der Waals surface area contributed by atoms with Crippen LogP contribution in [0, 0.1) is 20.8 Å². The van der Waals surface area contributed by atoms with E-state index in [1.165, 1.54) is 5.56 Å². The fourth-order valence-electron chi connectivity index (χ4n) is 3.91. The van der Waals surface area contributed by atoms with Gasteiger partial charge in [-0.05, 0) is 80.9 Å². The Hall–Kier alpha value is -3.38. The Bertz CT molecular complexity index is 1180. The van der Waals surface area contributed by atoms with Gasteiger partial charge in [0.15, 0.2) is 0 Å². The third-order valence-corrected chi connectivity index (χ3v) is 5.63. The second-order valence-electron chi connectivity index (χ2n) is 8.51. The van der Waals surface area contributed by atoms with Crippen molar-refractivity contribution in [1.82, 2.24) is 15.2 Å². The van der Waals surface area contributed by atoms with Crippen molar-refractivity contribution in [2.75, 3.05) is 26.5 Å². The van der Waals surface area contributed by atoms with Crippen LogP contribution in [-0.4, -0.2) is 36.9 Å². The van der Waals surface area contributed by atoms with E-state index in [0.29, 0.717) is 11.1 Å². The molecule has 0 atom stereocenters. The third kappa shape index (κ3) is 5.26. The van der Waals surface area contributed by atoms with Crippen molar-refractivity contribution in [2.45, 2.75) is 33.9 Å². The van der Waals surface area contributed by atoms with E-state index in [-0.39, 0.29) is 18.0 Å². The van der Waals surface area contributed by atoms with Crippen LogP contribution in [0.25, 0.3) is 11.1 Å². The highest BCUT2D eigenvalue weighted by Gasteiger charge is 2.16. The molecule has 32 heavy (non-hydrogen) atoms. The molecular formula is C26H32N4O2. The molecule has 0 radical (unpaired) electrons. The number of carbonyl (C=O) groups is 1. The van der Waals surface area contributed by atoms with Crippen molar-refractivity contribution >= 4 is 11.6 Å². The van der Waals surface area contributed by atoms with Crippen LogP contribution < -0.4 is 16.2 Å². The second-order valence-corrected chi connectivity index (χ2v) is 8.51. The Balaban J connectivity index is 1.89. The van der Waals surface area contributed by atoms with Gasteiger partial charge < -0.3 is 20.5 Å². The maximum Gasteiger partial charge on any atom is 0.253 e. The minimum Gasteiger partial charge on any atom is -0.388 e. The highest BCUT2D eigenvalue weighted by atomic mass is 16.1. The molecule has 0 aliphatic rings. The second kappa shape index (κ2) is 9.83. The number of benzene rings is 2. The van der Waals surface area contributed by atoms with E-state index >= 15 is 0 Å². The van der Waals surface area contributed by atoms with Crippen LogP contribution in [0.3, 0.4) is 0 Å². The molecule has 6 heteroatoms. The first-order valence-corrected chi connectivity index (χ1v) is 10.7. The van der Waals surface area contributed by atoms with E-state index in [9.17, 15) is 9.59 Å². The summed E-state index contributed by atoms with van der Waals surface area (Å²) < 4.78 is 0. The average molecular weight is 433 g/mol. The van der Waals surface area contributed by atoms with Crippen molar-refractivity contribution in [3.05, 3.63) is 86.3 Å². The molecule has 0 saturated carbocycles. The van der Waals surface area contributed by atoms with Gasteiger partial charge in [0, 0.05) is 42.6 Å². The lowest BCUT2D eigenvalue weighted by molar-refractivity contribution is 0.0950. The molecule has 0 unspecified atom stereocenters. The summed E-state index contributed by atoms with van der Waals surface area (Å²) in [6, 6.07) is 14.3. The molecule has 0 saturated heterocycles. The molecule has 0 bridgehead atoms. The van der Waals surface area contributed by atoms with Gasteiger partial charge in [0.2, 0.25) is 0 Å². The number of nitrogens with zero attached hydrogens (tertiary/aromatic N) is 1. The number of carbonyl (C=O) groups excluding carboxylic acids is 1. The zero-order valence-electron chi connectivity index (χ0n) is 19.7. The molecular weight excluding hydrogens is 400 g/mol. The lowest BCUT2D eigenvalue weighted by Crippen LogP contribution is -2.28. The van der Waals surface area contributed by atoms with Gasteiger partial charge >= 0.3 is 0 Å². The van der Waals surface area contributed by atoms with Crippen LogP contribution in [0.4, 0.5) is 5.69 Å². The Labute approximate surface area is 189 Å². The zero-order chi connectivity index (χ0) is 23.4. The maximum absolute atomic E-state index is 13.1. The Morgan fingerprint density at radius 1 is 1.00 bits per heavy atom. The Morgan fingerprint density at radius 3 is 2.28 bits per heavy atom. The summed E-state index contributed by atoms with van der Waals surface area (Å²) in [5.41, 5.74) is 7.68. The van der Waals surface area contributed by atoms with Crippen molar-refractivity contribution < 1.29 is 4.79 Å². The first-order chi connectivity index (χ1) is 15.2. The number of hydrogen-bond donors (Lipinski definition) is 3. The number of H-pyrrole nitrogens is 1. The molecule has 168 valence electrons. The minimum atomic E-state index is -0.204. The maximum atomic E-state index is 13.1. The first kappa shape index (κ1) is 23.3. The van der Waals surface area contributed by atoms with Crippen LogP contribution in [0.15, 0.2) is 47.3 Å². The summed E-state index contributed by atoms with van der Waals surface area (Å²) in [6.45, 7) is 6.71. The Morgan fingerprint density at radius 2 is 1.69 bits per heavy atom. The summed E-state index contributed by atoms with van der Waals surface area (Å²) in [7, 11) is 5.94. The molecule has 3 rings (SSSR count). The number of aryl methyl sites for hydroxylation is 2. The monoisotopic (exact) mass is 432 g/mol. The molecule has 0 fully saturated rings. The number of hydrogen-bond acceptors (Lipinski definition) is 4. The highest BCUT2D eigenvalue weighted by Crippen LogP contribution is 2.29. The highest BCUT2D eigenvalue weighted by molar-refractivity contribution is 5.98. The first-order valence-electron chi connectivity index (χ1n) is 10.7. The summed E-state index contributed by atoms with van der Waals surface area (Å²) in [4.78, 5) is 30.3. The van der Waals surface area contributed by atoms with Crippen LogP contribution in [-0.2, 0) is 13.1 Å². The SMILES string of the molecule is CNc1cc(-c2ccc(CN(C)C)cc2)cc(C(=O)NCc2c(C)cc(C)[nH]c2=O)c1C. The predicted molar refractivity (Wildman–Crippen MR) is 131 cm³/mol. The normalized spacial score (nSPS) is 11.0. The van der Waals surface area contributed by atoms with Crippen molar-refractivity contribution in [3.63, 3.8) is 0 Å². The van der Waals surface area contributed by atoms with Gasteiger partial charge in [-0.3, -0.25) is 9.59 Å². The van der Waals surface area contributed by atoms with Crippen LogP contribution in [0.1, 0.15) is 38.3 Å². The molecule has 1 amide bonds. The quantitative estimate of drug-likeness (QED) is 0.527. The number of nitrogens with one attached hydrogen (secondary N) is 3. The molecule has 1 aromatic heterocycles. The number of amides is 1. The van der Waals surface area contributed by atoms with Crippen LogP contribution in [0.2, 0.25) is 0 Å². The number of rotatable bonds is 7. The van der Waals surface area contributed by atoms with Gasteiger partial charge in [-0.1, -0.05) is 24.3 Å². The average Bonchev–Trinajstić information content (AvgIpc) is 2.73. The minimum absolute atomic E-state index is 0.165. The van der Waals surface area contributed by atoms with Gasteiger partial charge in [0.05, 0.1) is 0 Å². The summed E-state index contributed by atoms with van der Waals surface area (Å²) in [6.07, 6.45) is 0. The summed E-state index contributed by atoms with van der Waals surface area (Å²) in [5, 5.41) is 6.12. The molecule has 6 nitrogen and oxygen atoms in total. The number of aromatic nitrogens is 1. The van der Waals surface area contributed by atoms with Crippen molar-refractivity contribution in [3.8, 4) is 11.1 Å². The topological polar surface area (TPSA) is 77.2 Å². The largest absolute Gasteiger partial charge is 0.388 e. The predicted octanol–water partition coefficient (Wildman–Crippen LogP) is 4.00. The number of pyridine rings is 1. The van der Waals surface area contributed by atoms with E-state index < -0.39 is 0 Å². The molecule has 0 aliphatic carbocycles. The van der Waals surface area contributed by atoms with Crippen molar-refractivity contribution in [2.24, 2.45) is 0 Å². The Kier molecular flexibility index (Phi) is 7.15. The van der Waals surface area contributed by atoms with E-state index in [1.54, 1.807) is 0 Å². The third-order valence-electron chi connectivity index (χ3n) is 5.63. The fourth-order valence-corrected chi connectivity index (χ4v) is 3.91. The van der Waals surface area contributed by atoms with Gasteiger partial charge in [0.25, 0.3) is 11.5 Å². The van der Waals surface area contributed by atoms with Crippen LogP contribution in [0.5, 0.6) is 0 Å². The molecule has 3 aromatic rings. The molecule has 0 aliphatic heterocycles. The van der Waals surface area contributed by atoms with E-state index in [4.69, 9.17) is 0 Å². The molecule has 3 N–H and O–H groups in total. The lowest BCUT2D eigenvalue weighted by Gasteiger charge is -2.16. The van der Waals surface area contributed by atoms with Crippen molar-refractivity contribution in [1.29, 1.82) is 0 Å². The smallest absolute Gasteiger partial charge is 0.253 e. The standard InChI is InChI=1S/C26H32N4O2/c1-16-11-17(2)29-26(32)23(16)14-28-25(31)22-12-21(13-24(27-4)18(22)3)20-9-7-19(8-10-20)15-30(5)6/h7-13,27H,14-15H2,1-6H3,(H,28,31)(H,29,32). The van der Waals surface area contributed by atoms with E-state index in [2.05, 4.69) is 50.8 Å². The number of aromatic amines is 1. The number of anilines is 1. The van der Waals surface area contributed by atoms with Gasteiger partial charge in [-0.2, -0.15) is 0 Å². The van der Waals surface area contributed by atoms with E-state index in [1.807, 2.05) is 54.0 Å². The fraction of sp³-hybridized carbons (Fsp3) is 0.308. The summed E-state index contributed by atoms with van der Waals surface area (Å²) in [5.74, 6) is -0.204. The van der Waals surface area contributed by atoms with Gasteiger partial charge in [-0.15, -0.1) is 0 Å². The van der Waals surface area contributed by atoms with Gasteiger partial charge in [0.1, 0.15) is 0 Å². The lowest BCUT2D eigenvalue weighted by atomic mass is 9.96. The molecule has 1 heterocycles. The van der Waals surface area contributed by atoms with Gasteiger partial charge in [-0.25, -0.2) is 0 Å². The van der Waals surface area contributed by atoms with E-state index in [0.717, 1.165) is 40.2 Å².